The summed E-state index contributed by atoms with van der Waals surface area (Å²) in [6.45, 7) is 0.409. The van der Waals surface area contributed by atoms with Gasteiger partial charge >= 0.3 is 0 Å². The van der Waals surface area contributed by atoms with Crippen LogP contribution < -0.4 is 0 Å². The Morgan fingerprint density at radius 1 is 1.40 bits per heavy atom. The summed E-state index contributed by atoms with van der Waals surface area (Å²) in [5, 5.41) is 1.02. The second-order valence-corrected chi connectivity index (χ2v) is 3.28. The third kappa shape index (κ3) is 1.87. The number of nitrogens with zero attached hydrogens (tertiary/aromatic N) is 1. The fourth-order valence-electron chi connectivity index (χ4n) is 1.55. The van der Waals surface area contributed by atoms with Crippen LogP contribution >= 0.6 is 0 Å². The van der Waals surface area contributed by atoms with Crippen molar-refractivity contribution in [3.8, 4) is 0 Å². The standard InChI is InChI=1S/C12H11NO2/c1-15-8-10-6-9-4-2-3-5-11(9)13-12(10)7-14/h2-7H,8H2,1H3. The third-order valence-electron chi connectivity index (χ3n) is 2.25. The Labute approximate surface area is 87.7 Å². The fourth-order valence-corrected chi connectivity index (χ4v) is 1.55. The largest absolute Gasteiger partial charge is 0.380 e. The van der Waals surface area contributed by atoms with Crippen LogP contribution in [0.5, 0.6) is 0 Å². The van der Waals surface area contributed by atoms with Crippen molar-refractivity contribution in [2.75, 3.05) is 7.11 Å². The van der Waals surface area contributed by atoms with E-state index in [2.05, 4.69) is 4.98 Å². The molecule has 0 atom stereocenters. The monoisotopic (exact) mass is 201 g/mol. The van der Waals surface area contributed by atoms with Crippen LogP contribution in [0.1, 0.15) is 16.1 Å². The first-order chi connectivity index (χ1) is 7.35. The zero-order valence-electron chi connectivity index (χ0n) is 8.43. The highest BCUT2D eigenvalue weighted by atomic mass is 16.5. The lowest BCUT2D eigenvalue weighted by Crippen LogP contribution is -1.98. The van der Waals surface area contributed by atoms with E-state index in [0.29, 0.717) is 12.3 Å². The number of carbonyl (C=O) groups is 1. The van der Waals surface area contributed by atoms with Crippen LogP contribution in [0.2, 0.25) is 0 Å². The van der Waals surface area contributed by atoms with Crippen molar-refractivity contribution >= 4 is 17.2 Å². The molecule has 0 N–H and O–H groups in total. The van der Waals surface area contributed by atoms with E-state index in [4.69, 9.17) is 4.74 Å². The lowest BCUT2D eigenvalue weighted by atomic mass is 10.1. The topological polar surface area (TPSA) is 39.2 Å². The smallest absolute Gasteiger partial charge is 0.168 e. The minimum absolute atomic E-state index is 0.409. The number of aromatic nitrogens is 1. The summed E-state index contributed by atoms with van der Waals surface area (Å²) in [6, 6.07) is 9.64. The van der Waals surface area contributed by atoms with Crippen molar-refractivity contribution in [1.82, 2.24) is 4.98 Å². The summed E-state index contributed by atoms with van der Waals surface area (Å²) in [5.41, 5.74) is 2.11. The van der Waals surface area contributed by atoms with Crippen LogP contribution in [0.25, 0.3) is 10.9 Å². The minimum Gasteiger partial charge on any atom is -0.380 e. The molecule has 0 amide bonds. The number of fused-ring (bicyclic) bond motifs is 1. The number of carbonyl (C=O) groups excluding carboxylic acids is 1. The molecule has 0 fully saturated rings. The van der Waals surface area contributed by atoms with Gasteiger partial charge in [0.1, 0.15) is 5.69 Å². The normalized spacial score (nSPS) is 10.5. The number of benzene rings is 1. The van der Waals surface area contributed by atoms with E-state index in [0.717, 1.165) is 22.8 Å². The van der Waals surface area contributed by atoms with Crippen molar-refractivity contribution in [3.63, 3.8) is 0 Å². The Hall–Kier alpha value is -1.74. The van der Waals surface area contributed by atoms with Crippen LogP contribution in [0, 0.1) is 0 Å². The first kappa shape index (κ1) is 9.80. The minimum atomic E-state index is 0.409. The first-order valence-corrected chi connectivity index (χ1v) is 4.68. The van der Waals surface area contributed by atoms with Gasteiger partial charge in [0, 0.05) is 18.1 Å². The number of pyridine rings is 1. The molecule has 1 heterocycles. The van der Waals surface area contributed by atoms with Gasteiger partial charge in [-0.25, -0.2) is 4.98 Å². The molecule has 0 saturated carbocycles. The molecule has 1 aromatic carbocycles. The van der Waals surface area contributed by atoms with Crippen molar-refractivity contribution in [3.05, 3.63) is 41.6 Å². The number of methoxy groups -OCH3 is 1. The van der Waals surface area contributed by atoms with Crippen LogP contribution in [-0.4, -0.2) is 18.4 Å². The molecule has 3 nitrogen and oxygen atoms in total. The maximum absolute atomic E-state index is 10.8. The van der Waals surface area contributed by atoms with Gasteiger partial charge < -0.3 is 4.74 Å². The van der Waals surface area contributed by atoms with E-state index in [1.165, 1.54) is 0 Å². The van der Waals surface area contributed by atoms with Crippen LogP contribution in [0.15, 0.2) is 30.3 Å². The molecular formula is C12H11NO2. The zero-order chi connectivity index (χ0) is 10.7. The van der Waals surface area contributed by atoms with Crippen LogP contribution in [0.3, 0.4) is 0 Å². The van der Waals surface area contributed by atoms with Crippen molar-refractivity contribution in [2.45, 2.75) is 6.61 Å². The summed E-state index contributed by atoms with van der Waals surface area (Å²) < 4.78 is 5.02. The lowest BCUT2D eigenvalue weighted by molar-refractivity contribution is 0.111. The Kier molecular flexibility index (Phi) is 2.74. The number of rotatable bonds is 3. The number of para-hydroxylation sites is 1. The van der Waals surface area contributed by atoms with Gasteiger partial charge in [0.25, 0.3) is 0 Å². The molecule has 0 unspecified atom stereocenters. The van der Waals surface area contributed by atoms with Gasteiger partial charge in [0.05, 0.1) is 12.1 Å². The van der Waals surface area contributed by atoms with Gasteiger partial charge in [-0.2, -0.15) is 0 Å². The molecule has 0 aliphatic rings. The molecule has 15 heavy (non-hydrogen) atoms. The van der Waals surface area contributed by atoms with Crippen molar-refractivity contribution in [2.24, 2.45) is 0 Å². The predicted octanol–water partition coefficient (Wildman–Crippen LogP) is 2.19. The Bertz CT molecular complexity index is 494. The molecule has 2 aromatic rings. The van der Waals surface area contributed by atoms with Gasteiger partial charge in [-0.3, -0.25) is 4.79 Å². The first-order valence-electron chi connectivity index (χ1n) is 4.68. The third-order valence-corrected chi connectivity index (χ3v) is 2.25. The summed E-state index contributed by atoms with van der Waals surface area (Å²) in [4.78, 5) is 15.1. The molecule has 0 bridgehead atoms. The Morgan fingerprint density at radius 3 is 2.93 bits per heavy atom. The molecule has 0 saturated heterocycles. The number of ether oxygens (including phenoxy) is 1. The van der Waals surface area contributed by atoms with E-state index >= 15 is 0 Å². The summed E-state index contributed by atoms with van der Waals surface area (Å²) in [6.07, 6.45) is 0.765. The molecule has 0 aliphatic carbocycles. The fraction of sp³-hybridized carbons (Fsp3) is 0.167. The summed E-state index contributed by atoms with van der Waals surface area (Å²) in [7, 11) is 1.60. The number of hydrogen-bond acceptors (Lipinski definition) is 3. The van der Waals surface area contributed by atoms with Crippen molar-refractivity contribution < 1.29 is 9.53 Å². The quantitative estimate of drug-likeness (QED) is 0.714. The number of hydrogen-bond donors (Lipinski definition) is 0. The molecule has 0 aliphatic heterocycles. The van der Waals surface area contributed by atoms with Crippen LogP contribution in [-0.2, 0) is 11.3 Å². The SMILES string of the molecule is COCc1cc2ccccc2nc1C=O. The van der Waals surface area contributed by atoms with E-state index in [-0.39, 0.29) is 0 Å². The molecular weight excluding hydrogens is 190 g/mol. The highest BCUT2D eigenvalue weighted by Crippen LogP contribution is 2.16. The van der Waals surface area contributed by atoms with E-state index in [1.54, 1.807) is 7.11 Å². The van der Waals surface area contributed by atoms with Crippen molar-refractivity contribution in [1.29, 1.82) is 0 Å². The van der Waals surface area contributed by atoms with Gasteiger partial charge in [0.2, 0.25) is 0 Å². The van der Waals surface area contributed by atoms with Gasteiger partial charge in [-0.15, -0.1) is 0 Å². The Morgan fingerprint density at radius 2 is 2.20 bits per heavy atom. The van der Waals surface area contributed by atoms with E-state index in [1.807, 2.05) is 30.3 Å². The highest BCUT2D eigenvalue weighted by molar-refractivity contribution is 5.85. The second kappa shape index (κ2) is 4.19. The maximum atomic E-state index is 10.8. The highest BCUT2D eigenvalue weighted by Gasteiger charge is 2.05. The number of aldehydes is 1. The van der Waals surface area contributed by atoms with Gasteiger partial charge in [-0.1, -0.05) is 18.2 Å². The summed E-state index contributed by atoms with van der Waals surface area (Å²) in [5.74, 6) is 0. The molecule has 2 rings (SSSR count). The second-order valence-electron chi connectivity index (χ2n) is 3.28. The average Bonchev–Trinajstić information content (AvgIpc) is 2.28. The zero-order valence-corrected chi connectivity index (χ0v) is 8.43. The van der Waals surface area contributed by atoms with Gasteiger partial charge in [0.15, 0.2) is 6.29 Å². The molecule has 0 spiro atoms. The Balaban J connectivity index is 2.63. The lowest BCUT2D eigenvalue weighted by Gasteiger charge is -2.05. The average molecular weight is 201 g/mol. The summed E-state index contributed by atoms with van der Waals surface area (Å²) >= 11 is 0. The maximum Gasteiger partial charge on any atom is 0.168 e. The molecule has 3 heteroatoms. The molecule has 76 valence electrons. The molecule has 1 aromatic heterocycles. The van der Waals surface area contributed by atoms with Gasteiger partial charge in [-0.05, 0) is 12.1 Å². The molecule has 0 radical (unpaired) electrons. The van der Waals surface area contributed by atoms with Crippen LogP contribution in [0.4, 0.5) is 0 Å². The predicted molar refractivity (Wildman–Crippen MR) is 57.8 cm³/mol. The van der Waals surface area contributed by atoms with E-state index < -0.39 is 0 Å². The van der Waals surface area contributed by atoms with E-state index in [9.17, 15) is 4.79 Å².